The second-order valence-corrected chi connectivity index (χ2v) is 16.7. The summed E-state index contributed by atoms with van der Waals surface area (Å²) in [7, 11) is 2.72. The van der Waals surface area contributed by atoms with Crippen molar-refractivity contribution < 1.29 is 23.9 Å². The molecule has 13 nitrogen and oxygen atoms in total. The first-order chi connectivity index (χ1) is 27.5. The number of aromatic amines is 2. The van der Waals surface area contributed by atoms with Gasteiger partial charge in [0.2, 0.25) is 5.91 Å². The van der Waals surface area contributed by atoms with Crippen LogP contribution >= 0.6 is 0 Å². The van der Waals surface area contributed by atoms with Gasteiger partial charge in [0.05, 0.1) is 49.2 Å². The second kappa shape index (κ2) is 15.8. The topological polar surface area (TPSA) is 158 Å². The van der Waals surface area contributed by atoms with Crippen molar-refractivity contribution in [3.63, 3.8) is 0 Å². The summed E-state index contributed by atoms with van der Waals surface area (Å²) in [6.45, 7) is 9.80. The number of H-pyrrole nitrogens is 2. The smallest absolute Gasteiger partial charge is 0.407 e. The number of carbonyl (C=O) groups excluding carboxylic acids is 3. The maximum absolute atomic E-state index is 14.1. The summed E-state index contributed by atoms with van der Waals surface area (Å²) in [6, 6.07) is 18.7. The number of hydrogen-bond donors (Lipinski definition) is 4. The average Bonchev–Trinajstić information content (AvgIpc) is 4.07. The number of aromatic nitrogens is 4. The Kier molecular flexibility index (Phi) is 10.7. The van der Waals surface area contributed by atoms with E-state index in [1.165, 1.54) is 14.2 Å². The fraction of sp³-hybridized carbons (Fsp3) is 0.477. The lowest BCUT2D eigenvalue weighted by Gasteiger charge is -2.37. The van der Waals surface area contributed by atoms with E-state index in [9.17, 15) is 14.4 Å². The number of hydrogen-bond acceptors (Lipinski definition) is 8. The molecule has 0 spiro atoms. The van der Waals surface area contributed by atoms with E-state index in [1.54, 1.807) is 0 Å². The maximum Gasteiger partial charge on any atom is 0.407 e. The Hall–Kier alpha value is -5.43. The summed E-state index contributed by atoms with van der Waals surface area (Å²) in [5.41, 5.74) is 6.10. The van der Waals surface area contributed by atoms with E-state index >= 15 is 0 Å². The third-order valence-electron chi connectivity index (χ3n) is 12.5. The fourth-order valence-electron chi connectivity index (χ4n) is 9.40. The number of piperidine rings is 1. The summed E-state index contributed by atoms with van der Waals surface area (Å²) in [5.74, 6) is 2.16. The number of nitrogens with zero attached hydrogens (tertiary/aromatic N) is 4. The highest BCUT2D eigenvalue weighted by Gasteiger charge is 2.51. The quantitative estimate of drug-likeness (QED) is 0.106. The molecule has 3 amide bonds. The van der Waals surface area contributed by atoms with Crippen LogP contribution in [0, 0.1) is 17.8 Å². The Morgan fingerprint density at radius 1 is 0.842 bits per heavy atom. The van der Waals surface area contributed by atoms with Crippen molar-refractivity contribution in [2.75, 3.05) is 27.3 Å². The number of alkyl carbamates (subject to hydrolysis) is 2. The highest BCUT2D eigenvalue weighted by molar-refractivity contribution is 6.05. The van der Waals surface area contributed by atoms with Crippen LogP contribution in [-0.4, -0.2) is 93.3 Å². The van der Waals surface area contributed by atoms with E-state index in [0.29, 0.717) is 5.92 Å². The predicted octanol–water partition coefficient (Wildman–Crippen LogP) is 7.72. The highest BCUT2D eigenvalue weighted by Crippen LogP contribution is 2.50. The van der Waals surface area contributed by atoms with Gasteiger partial charge in [-0.05, 0) is 90.6 Å². The van der Waals surface area contributed by atoms with Gasteiger partial charge in [0.25, 0.3) is 0 Å². The summed E-state index contributed by atoms with van der Waals surface area (Å²) in [5, 5.41) is 7.96. The maximum atomic E-state index is 14.1. The molecular formula is C44H54N8O5. The molecule has 6 atom stereocenters. The number of methoxy groups -OCH3 is 2. The van der Waals surface area contributed by atoms with Crippen molar-refractivity contribution in [3.05, 3.63) is 72.4 Å². The number of rotatable bonds is 11. The minimum Gasteiger partial charge on any atom is -0.453 e. The second-order valence-electron chi connectivity index (χ2n) is 16.7. The molecule has 13 heteroatoms. The Morgan fingerprint density at radius 3 is 2.32 bits per heavy atom. The Bertz CT molecular complexity index is 2260. The third kappa shape index (κ3) is 7.45. The summed E-state index contributed by atoms with van der Waals surface area (Å²) < 4.78 is 9.72. The third-order valence-corrected chi connectivity index (χ3v) is 12.5. The number of imidazole rings is 2. The highest BCUT2D eigenvalue weighted by atomic mass is 16.5. The van der Waals surface area contributed by atoms with Crippen molar-refractivity contribution in [1.29, 1.82) is 0 Å². The Morgan fingerprint density at radius 2 is 1.58 bits per heavy atom. The van der Waals surface area contributed by atoms with Crippen LogP contribution in [0.4, 0.5) is 9.59 Å². The van der Waals surface area contributed by atoms with Crippen molar-refractivity contribution in [2.24, 2.45) is 17.8 Å². The number of benzene rings is 3. The minimum atomic E-state index is -0.677. The molecule has 1 aliphatic carbocycles. The van der Waals surface area contributed by atoms with Crippen LogP contribution in [0.15, 0.2) is 60.8 Å². The largest absolute Gasteiger partial charge is 0.453 e. The minimum absolute atomic E-state index is 0.0183. The van der Waals surface area contributed by atoms with Gasteiger partial charge in [-0.3, -0.25) is 9.69 Å². The van der Waals surface area contributed by atoms with Gasteiger partial charge in [0, 0.05) is 24.0 Å². The van der Waals surface area contributed by atoms with Gasteiger partial charge in [0.1, 0.15) is 17.7 Å². The van der Waals surface area contributed by atoms with Crippen LogP contribution < -0.4 is 10.6 Å². The molecule has 5 aromatic rings. The molecule has 1 saturated carbocycles. The predicted molar refractivity (Wildman–Crippen MR) is 219 cm³/mol. The van der Waals surface area contributed by atoms with Crippen LogP contribution in [0.1, 0.15) is 83.5 Å². The number of likely N-dealkylation sites (tertiary alicyclic amines) is 2. The number of nitrogens with one attached hydrogen (secondary N) is 4. The van der Waals surface area contributed by atoms with E-state index in [0.717, 1.165) is 101 Å². The van der Waals surface area contributed by atoms with Gasteiger partial charge in [-0.1, -0.05) is 70.2 Å². The molecule has 2 saturated heterocycles. The van der Waals surface area contributed by atoms with Crippen LogP contribution in [0.3, 0.4) is 0 Å². The number of carbonyl (C=O) groups is 3. The number of fused-ring (bicyclic) bond motifs is 5. The molecule has 4 heterocycles. The van der Waals surface area contributed by atoms with Crippen molar-refractivity contribution in [2.45, 2.75) is 90.0 Å². The van der Waals surface area contributed by atoms with Crippen LogP contribution in [0.5, 0.6) is 0 Å². The van der Waals surface area contributed by atoms with Gasteiger partial charge in [0.15, 0.2) is 0 Å². The van der Waals surface area contributed by atoms with E-state index in [4.69, 9.17) is 19.4 Å². The zero-order chi connectivity index (χ0) is 40.0. The summed E-state index contributed by atoms with van der Waals surface area (Å²) in [6.07, 6.45) is 5.96. The molecule has 2 bridgehead atoms. The van der Waals surface area contributed by atoms with Crippen LogP contribution in [0.2, 0.25) is 0 Å². The fourth-order valence-corrected chi connectivity index (χ4v) is 9.40. The van der Waals surface area contributed by atoms with E-state index in [-0.39, 0.29) is 41.9 Å². The molecule has 0 unspecified atom stereocenters. The van der Waals surface area contributed by atoms with Gasteiger partial charge >= 0.3 is 12.2 Å². The molecule has 3 aliphatic rings. The average molecular weight is 775 g/mol. The molecule has 3 fully saturated rings. The molecular weight excluding hydrogens is 721 g/mol. The molecule has 3 aromatic carbocycles. The van der Waals surface area contributed by atoms with Crippen molar-refractivity contribution >= 4 is 39.9 Å². The first-order valence-corrected chi connectivity index (χ1v) is 20.4. The Balaban J connectivity index is 0.994. The molecule has 0 radical (unpaired) electrons. The zero-order valence-corrected chi connectivity index (χ0v) is 33.7. The van der Waals surface area contributed by atoms with Gasteiger partial charge < -0.3 is 35.0 Å². The number of ether oxygens (including phenoxy) is 2. The van der Waals surface area contributed by atoms with E-state index < -0.39 is 18.2 Å². The monoisotopic (exact) mass is 774 g/mol. The lowest BCUT2D eigenvalue weighted by molar-refractivity contribution is -0.139. The molecule has 300 valence electrons. The first kappa shape index (κ1) is 38.4. The summed E-state index contributed by atoms with van der Waals surface area (Å²) >= 11 is 0. The van der Waals surface area contributed by atoms with Crippen LogP contribution in [0.25, 0.3) is 44.2 Å². The lowest BCUT2D eigenvalue weighted by Crippen LogP contribution is -2.54. The van der Waals surface area contributed by atoms with Gasteiger partial charge in [-0.15, -0.1) is 0 Å². The van der Waals surface area contributed by atoms with E-state index in [2.05, 4.69) is 93.9 Å². The SMILES string of the molecule is COC(=O)N[C@H](C(=O)N1[C@@H]2CC[C@@H](C2)[C@H]1c1nc2ccc3cc(-c4ccc(-c5cnc([C@@H]6CCCN6C[C@@H](NC(=O)OC)C(C)C)[nH]5)cc4)ccc3c2[nH]1)C(C)C. The lowest BCUT2D eigenvalue weighted by atomic mass is 9.95. The standard InChI is InChI=1S/C44H54N8O5/c1-24(2)35(48-43(54)56-5)23-51-19-7-8-36(51)40-45-22-34(47-40)27-11-9-26(10-12-27)28-14-17-32-29(20-28)15-18-33-38(32)49-41(46-33)39-30-13-16-31(21-30)52(39)42(53)37(25(3)4)50-44(55)57-6/h9-12,14-15,17-18,20,22,24-25,30-31,35-37,39H,7-8,13,16,19,21,23H2,1-6H3,(H,45,47)(H,46,49)(H,48,54)(H,50,55)/t30-,31+,35+,36-,37-,39-/m0/s1. The van der Waals surface area contributed by atoms with E-state index in [1.807, 2.05) is 24.9 Å². The molecule has 57 heavy (non-hydrogen) atoms. The van der Waals surface area contributed by atoms with Crippen LogP contribution in [-0.2, 0) is 14.3 Å². The first-order valence-electron chi connectivity index (χ1n) is 20.4. The molecule has 2 aliphatic heterocycles. The zero-order valence-electron chi connectivity index (χ0n) is 33.7. The van der Waals surface area contributed by atoms with Crippen molar-refractivity contribution in [1.82, 2.24) is 40.4 Å². The Labute approximate surface area is 333 Å². The summed E-state index contributed by atoms with van der Waals surface area (Å²) in [4.78, 5) is 59.7. The molecule has 4 N–H and O–H groups in total. The van der Waals surface area contributed by atoms with Crippen molar-refractivity contribution in [3.8, 4) is 22.4 Å². The normalized spacial score (nSPS) is 21.8. The molecule has 8 rings (SSSR count). The van der Waals surface area contributed by atoms with Gasteiger partial charge in [-0.2, -0.15) is 0 Å². The number of amides is 3. The molecule has 2 aromatic heterocycles. The van der Waals surface area contributed by atoms with Gasteiger partial charge in [-0.25, -0.2) is 19.6 Å².